The summed E-state index contributed by atoms with van der Waals surface area (Å²) in [6.45, 7) is 1.33. The molecule has 1 heterocycles. The van der Waals surface area contributed by atoms with Crippen molar-refractivity contribution in [2.45, 2.75) is 24.3 Å². The van der Waals surface area contributed by atoms with Gasteiger partial charge >= 0.3 is 0 Å². The van der Waals surface area contributed by atoms with Crippen molar-refractivity contribution in [2.24, 2.45) is 0 Å². The van der Waals surface area contributed by atoms with Crippen molar-refractivity contribution in [1.29, 1.82) is 0 Å². The molecular weight excluding hydrogens is 198 g/mol. The summed E-state index contributed by atoms with van der Waals surface area (Å²) in [5.41, 5.74) is 0. The quantitative estimate of drug-likeness (QED) is 0.599. The van der Waals surface area contributed by atoms with Gasteiger partial charge in [0.1, 0.15) is 37.5 Å². The summed E-state index contributed by atoms with van der Waals surface area (Å²) < 4.78 is 21.3. The topological polar surface area (TPSA) is 53.5 Å². The zero-order valence-electron chi connectivity index (χ0n) is 9.93. The highest BCUT2D eigenvalue weighted by atomic mass is 16.5. The summed E-state index contributed by atoms with van der Waals surface area (Å²) >= 11 is 0. The van der Waals surface area contributed by atoms with Gasteiger partial charge in [-0.3, -0.25) is 0 Å². The van der Waals surface area contributed by atoms with Gasteiger partial charge in [-0.05, 0) is 0 Å². The molecular formula is C10H22NO4+. The summed E-state index contributed by atoms with van der Waals surface area (Å²) in [6, 6.07) is 0.565. The van der Waals surface area contributed by atoms with E-state index in [0.29, 0.717) is 13.2 Å². The average molecular weight is 220 g/mol. The molecule has 1 aliphatic rings. The Morgan fingerprint density at radius 1 is 0.800 bits per heavy atom. The second-order valence-corrected chi connectivity index (χ2v) is 3.83. The van der Waals surface area contributed by atoms with E-state index in [1.807, 2.05) is 0 Å². The maximum atomic E-state index is 5.46. The molecule has 1 saturated heterocycles. The third kappa shape index (κ3) is 2.89. The molecule has 0 unspecified atom stereocenters. The van der Waals surface area contributed by atoms with E-state index in [2.05, 4.69) is 5.32 Å². The Morgan fingerprint density at radius 3 is 1.47 bits per heavy atom. The number of quaternary nitrogens is 1. The van der Waals surface area contributed by atoms with Crippen LogP contribution in [0.5, 0.6) is 0 Å². The molecule has 5 nitrogen and oxygen atoms in total. The van der Waals surface area contributed by atoms with E-state index in [1.54, 1.807) is 28.4 Å². The number of methoxy groups -OCH3 is 4. The summed E-state index contributed by atoms with van der Waals surface area (Å²) in [7, 11) is 6.82. The normalized spacial score (nSPS) is 36.0. The molecule has 0 saturated carbocycles. The van der Waals surface area contributed by atoms with E-state index < -0.39 is 0 Å². The third-order valence-corrected chi connectivity index (χ3v) is 2.92. The van der Waals surface area contributed by atoms with E-state index in [1.165, 1.54) is 0 Å². The summed E-state index contributed by atoms with van der Waals surface area (Å²) in [5, 5.41) is 2.22. The maximum absolute atomic E-state index is 5.46. The van der Waals surface area contributed by atoms with Crippen LogP contribution in [0.3, 0.4) is 0 Å². The van der Waals surface area contributed by atoms with Crippen LogP contribution in [0.2, 0.25) is 0 Å². The van der Waals surface area contributed by atoms with Crippen LogP contribution in [0.1, 0.15) is 0 Å². The van der Waals surface area contributed by atoms with E-state index in [0.717, 1.165) is 0 Å². The van der Waals surface area contributed by atoms with Gasteiger partial charge in [-0.25, -0.2) is 0 Å². The lowest BCUT2D eigenvalue weighted by atomic mass is 10.1. The van der Waals surface area contributed by atoms with Crippen LogP contribution in [0.15, 0.2) is 0 Å². The van der Waals surface area contributed by atoms with Crippen LogP contribution < -0.4 is 5.32 Å². The first-order chi connectivity index (χ1) is 7.28. The van der Waals surface area contributed by atoms with Crippen LogP contribution in [-0.2, 0) is 18.9 Å². The van der Waals surface area contributed by atoms with Gasteiger partial charge in [-0.1, -0.05) is 0 Å². The highest BCUT2D eigenvalue weighted by Crippen LogP contribution is 2.14. The lowest BCUT2D eigenvalue weighted by molar-refractivity contribution is -0.709. The largest absolute Gasteiger partial charge is 0.378 e. The summed E-state index contributed by atoms with van der Waals surface area (Å²) in [6.07, 6.45) is 0.130. The second kappa shape index (κ2) is 6.40. The Labute approximate surface area is 91.0 Å². The van der Waals surface area contributed by atoms with Crippen LogP contribution in [0.4, 0.5) is 0 Å². The summed E-state index contributed by atoms with van der Waals surface area (Å²) in [5.74, 6) is 0. The van der Waals surface area contributed by atoms with Crippen molar-refractivity contribution in [3.63, 3.8) is 0 Å². The molecule has 1 rings (SSSR count). The predicted molar refractivity (Wildman–Crippen MR) is 54.8 cm³/mol. The first-order valence-electron chi connectivity index (χ1n) is 5.16. The van der Waals surface area contributed by atoms with Gasteiger partial charge in [0, 0.05) is 28.4 Å². The fraction of sp³-hybridized carbons (Fsp3) is 1.00. The molecule has 0 aromatic carbocycles. The fourth-order valence-corrected chi connectivity index (χ4v) is 2.33. The van der Waals surface area contributed by atoms with E-state index in [-0.39, 0.29) is 24.3 Å². The van der Waals surface area contributed by atoms with Crippen molar-refractivity contribution in [3.8, 4) is 0 Å². The highest BCUT2D eigenvalue weighted by Gasteiger charge is 2.47. The van der Waals surface area contributed by atoms with Crippen molar-refractivity contribution < 1.29 is 24.3 Å². The zero-order chi connectivity index (χ0) is 11.3. The lowest BCUT2D eigenvalue weighted by Crippen LogP contribution is -2.94. The molecule has 90 valence electrons. The minimum absolute atomic E-state index is 0.0649. The number of rotatable bonds is 6. The van der Waals surface area contributed by atoms with Crippen molar-refractivity contribution >= 4 is 0 Å². The molecule has 5 heteroatoms. The van der Waals surface area contributed by atoms with Gasteiger partial charge in [0.05, 0.1) is 0 Å². The highest BCUT2D eigenvalue weighted by molar-refractivity contribution is 4.88. The monoisotopic (exact) mass is 220 g/mol. The smallest absolute Gasteiger partial charge is 0.143 e. The van der Waals surface area contributed by atoms with Crippen LogP contribution in [0, 0.1) is 0 Å². The van der Waals surface area contributed by atoms with E-state index >= 15 is 0 Å². The third-order valence-electron chi connectivity index (χ3n) is 2.92. The van der Waals surface area contributed by atoms with Gasteiger partial charge < -0.3 is 24.3 Å². The molecule has 1 aliphatic heterocycles. The predicted octanol–water partition coefficient (Wildman–Crippen LogP) is -1.38. The second-order valence-electron chi connectivity index (χ2n) is 3.83. The van der Waals surface area contributed by atoms with Crippen molar-refractivity contribution in [3.05, 3.63) is 0 Å². The number of hydrogen-bond acceptors (Lipinski definition) is 4. The van der Waals surface area contributed by atoms with E-state index in [9.17, 15) is 0 Å². The number of ether oxygens (including phenoxy) is 4. The van der Waals surface area contributed by atoms with Crippen molar-refractivity contribution in [1.82, 2.24) is 0 Å². The van der Waals surface area contributed by atoms with Crippen LogP contribution in [0.25, 0.3) is 0 Å². The minimum Gasteiger partial charge on any atom is -0.378 e. The molecule has 0 spiro atoms. The maximum Gasteiger partial charge on any atom is 0.143 e. The first-order valence-corrected chi connectivity index (χ1v) is 5.16. The Balaban J connectivity index is 2.62. The lowest BCUT2D eigenvalue weighted by Gasteiger charge is -2.18. The molecule has 0 bridgehead atoms. The summed E-state index contributed by atoms with van der Waals surface area (Å²) in [4.78, 5) is 0. The molecule has 0 radical (unpaired) electrons. The Hall–Kier alpha value is -0.200. The van der Waals surface area contributed by atoms with Gasteiger partial charge in [-0.15, -0.1) is 0 Å². The molecule has 1 fully saturated rings. The fourth-order valence-electron chi connectivity index (χ4n) is 2.33. The molecule has 0 aliphatic carbocycles. The van der Waals surface area contributed by atoms with Crippen LogP contribution in [-0.4, -0.2) is 65.9 Å². The van der Waals surface area contributed by atoms with Crippen molar-refractivity contribution in [2.75, 3.05) is 41.7 Å². The molecule has 0 amide bonds. The molecule has 2 N–H and O–H groups in total. The standard InChI is InChI=1S/C10H21NO4/c1-12-5-7-9(14-3)10(15-4)8(11-7)6-13-2/h7-11H,5-6H2,1-4H3/p+1/t7-,8+,9-,10-/m1/s1. The van der Waals surface area contributed by atoms with E-state index in [4.69, 9.17) is 18.9 Å². The number of nitrogens with two attached hydrogens (primary N) is 1. The SMILES string of the molecule is COC[C@@H]1[NH2+][C@H](COC)[C@@H](OC)[C@@H]1OC. The number of hydrogen-bond donors (Lipinski definition) is 1. The molecule has 0 aromatic rings. The van der Waals surface area contributed by atoms with Gasteiger partial charge in [0.25, 0.3) is 0 Å². The minimum atomic E-state index is 0.0649. The average Bonchev–Trinajstić information content (AvgIpc) is 2.56. The Kier molecular flexibility index (Phi) is 5.49. The van der Waals surface area contributed by atoms with Crippen LogP contribution >= 0.6 is 0 Å². The molecule has 15 heavy (non-hydrogen) atoms. The Bertz CT molecular complexity index is 161. The van der Waals surface area contributed by atoms with Gasteiger partial charge in [0.15, 0.2) is 0 Å². The molecule has 0 aromatic heterocycles. The zero-order valence-corrected chi connectivity index (χ0v) is 9.93. The Morgan fingerprint density at radius 2 is 1.20 bits per heavy atom. The first kappa shape index (κ1) is 12.9. The van der Waals surface area contributed by atoms with Gasteiger partial charge in [-0.2, -0.15) is 0 Å². The van der Waals surface area contributed by atoms with Gasteiger partial charge in [0.2, 0.25) is 0 Å². The molecule has 4 atom stereocenters.